The SMILES string of the molecule is COc1cc(-c2[nH]c3ccc(C4CCC(N(C)CC(C)=O)CC4)nc3c2C(C)C)cn2ncnc12. The number of rotatable bonds is 7. The van der Waals surface area contributed by atoms with Gasteiger partial charge in [-0.3, -0.25) is 14.7 Å². The average molecular weight is 475 g/mol. The molecule has 0 aromatic carbocycles. The first-order valence-electron chi connectivity index (χ1n) is 12.5. The van der Waals surface area contributed by atoms with Crippen molar-refractivity contribution < 1.29 is 9.53 Å². The van der Waals surface area contributed by atoms with Gasteiger partial charge in [-0.1, -0.05) is 13.8 Å². The predicted octanol–water partition coefficient (Wildman–Crippen LogP) is 4.95. The van der Waals surface area contributed by atoms with E-state index >= 15 is 0 Å². The van der Waals surface area contributed by atoms with Gasteiger partial charge in [0.15, 0.2) is 11.4 Å². The highest BCUT2D eigenvalue weighted by atomic mass is 16.5. The van der Waals surface area contributed by atoms with Gasteiger partial charge in [0.25, 0.3) is 0 Å². The quantitative estimate of drug-likeness (QED) is 0.408. The molecule has 4 aromatic rings. The van der Waals surface area contributed by atoms with E-state index in [-0.39, 0.29) is 11.7 Å². The summed E-state index contributed by atoms with van der Waals surface area (Å²) in [6.45, 7) is 6.62. The van der Waals surface area contributed by atoms with Gasteiger partial charge in [-0.25, -0.2) is 9.50 Å². The fraction of sp³-hybridized carbons (Fsp3) is 0.481. The lowest BCUT2D eigenvalue weighted by Crippen LogP contribution is -2.37. The number of carbonyl (C=O) groups excluding carboxylic acids is 1. The summed E-state index contributed by atoms with van der Waals surface area (Å²) in [6.07, 6.45) is 7.92. The number of hydrogen-bond donors (Lipinski definition) is 1. The highest BCUT2D eigenvalue weighted by Crippen LogP contribution is 2.39. The van der Waals surface area contributed by atoms with Gasteiger partial charge in [0.1, 0.15) is 12.1 Å². The molecular weight excluding hydrogens is 440 g/mol. The van der Waals surface area contributed by atoms with E-state index < -0.39 is 0 Å². The first-order valence-corrected chi connectivity index (χ1v) is 12.5. The molecule has 8 heteroatoms. The fourth-order valence-electron chi connectivity index (χ4n) is 5.59. The monoisotopic (exact) mass is 474 g/mol. The average Bonchev–Trinajstić information content (AvgIpc) is 3.47. The van der Waals surface area contributed by atoms with Crippen LogP contribution in [0.4, 0.5) is 0 Å². The maximum Gasteiger partial charge on any atom is 0.197 e. The van der Waals surface area contributed by atoms with Crippen LogP contribution >= 0.6 is 0 Å². The Kier molecular flexibility index (Phi) is 6.32. The molecule has 1 aliphatic rings. The number of hydrogen-bond acceptors (Lipinski definition) is 6. The van der Waals surface area contributed by atoms with E-state index in [2.05, 4.69) is 53.0 Å². The molecule has 1 fully saturated rings. The van der Waals surface area contributed by atoms with Crippen molar-refractivity contribution in [3.8, 4) is 17.0 Å². The van der Waals surface area contributed by atoms with Gasteiger partial charge >= 0.3 is 0 Å². The van der Waals surface area contributed by atoms with Gasteiger partial charge in [-0.2, -0.15) is 5.10 Å². The number of carbonyl (C=O) groups is 1. The van der Waals surface area contributed by atoms with Crippen LogP contribution < -0.4 is 4.74 Å². The zero-order chi connectivity index (χ0) is 24.7. The van der Waals surface area contributed by atoms with Crippen molar-refractivity contribution in [1.29, 1.82) is 0 Å². The number of fused-ring (bicyclic) bond motifs is 2. The van der Waals surface area contributed by atoms with Gasteiger partial charge in [0.2, 0.25) is 0 Å². The Bertz CT molecular complexity index is 1360. The maximum atomic E-state index is 11.5. The third kappa shape index (κ3) is 4.43. The molecule has 0 radical (unpaired) electrons. The van der Waals surface area contributed by atoms with E-state index in [0.717, 1.165) is 48.0 Å². The maximum absolute atomic E-state index is 11.5. The second-order valence-corrected chi connectivity index (χ2v) is 10.1. The van der Waals surface area contributed by atoms with E-state index in [0.29, 0.717) is 29.9 Å². The molecule has 0 aliphatic heterocycles. The van der Waals surface area contributed by atoms with Crippen LogP contribution in [-0.4, -0.2) is 62.0 Å². The molecular formula is C27H34N6O2. The van der Waals surface area contributed by atoms with E-state index in [1.807, 2.05) is 12.3 Å². The molecule has 0 atom stereocenters. The number of Topliss-reactive ketones (excluding diaryl/α,β-unsaturated/α-hetero) is 1. The van der Waals surface area contributed by atoms with Crippen LogP contribution in [0.25, 0.3) is 27.9 Å². The number of nitrogens with zero attached hydrogens (tertiary/aromatic N) is 5. The summed E-state index contributed by atoms with van der Waals surface area (Å²) in [5.41, 5.74) is 7.20. The van der Waals surface area contributed by atoms with Crippen molar-refractivity contribution in [3.05, 3.63) is 42.0 Å². The van der Waals surface area contributed by atoms with Crippen molar-refractivity contribution in [2.75, 3.05) is 20.7 Å². The molecule has 1 saturated carbocycles. The largest absolute Gasteiger partial charge is 0.493 e. The van der Waals surface area contributed by atoms with Crippen LogP contribution in [0.2, 0.25) is 0 Å². The summed E-state index contributed by atoms with van der Waals surface area (Å²) < 4.78 is 7.35. The minimum atomic E-state index is 0.229. The Morgan fingerprint density at radius 2 is 2.03 bits per heavy atom. The van der Waals surface area contributed by atoms with Gasteiger partial charge in [-0.05, 0) is 63.8 Å². The van der Waals surface area contributed by atoms with Crippen molar-refractivity contribution in [2.45, 2.75) is 64.3 Å². The van der Waals surface area contributed by atoms with Gasteiger partial charge < -0.3 is 9.72 Å². The molecule has 1 aliphatic carbocycles. The Balaban J connectivity index is 1.48. The standard InChI is InChI=1S/C27H34N6O2/c1-16(2)24-25(19-12-23(35-5)27-28-15-29-33(27)14-19)31-22-11-10-21(30-26(22)24)18-6-8-20(9-7-18)32(4)13-17(3)34/h10-12,14-16,18,20,31H,6-9,13H2,1-5H3. The molecule has 1 N–H and O–H groups in total. The molecule has 0 saturated heterocycles. The van der Waals surface area contributed by atoms with E-state index in [9.17, 15) is 4.79 Å². The highest BCUT2D eigenvalue weighted by Gasteiger charge is 2.27. The molecule has 0 spiro atoms. The molecule has 0 amide bonds. The molecule has 4 aromatic heterocycles. The predicted molar refractivity (Wildman–Crippen MR) is 137 cm³/mol. The van der Waals surface area contributed by atoms with E-state index in [1.54, 1.807) is 18.5 Å². The normalized spacial score (nSPS) is 18.7. The van der Waals surface area contributed by atoms with Crippen LogP contribution in [0.15, 0.2) is 30.7 Å². The lowest BCUT2D eigenvalue weighted by atomic mass is 9.83. The Hall–Kier alpha value is -3.26. The third-order valence-electron chi connectivity index (χ3n) is 7.34. The minimum Gasteiger partial charge on any atom is -0.493 e. The molecule has 8 nitrogen and oxygen atoms in total. The number of pyridine rings is 2. The minimum absolute atomic E-state index is 0.229. The van der Waals surface area contributed by atoms with E-state index in [1.165, 1.54) is 17.6 Å². The first-order chi connectivity index (χ1) is 16.9. The van der Waals surface area contributed by atoms with Gasteiger partial charge in [-0.15, -0.1) is 0 Å². The summed E-state index contributed by atoms with van der Waals surface area (Å²) in [6, 6.07) is 6.84. The molecule has 5 rings (SSSR count). The topological polar surface area (TPSA) is 88.4 Å². The van der Waals surface area contributed by atoms with Crippen LogP contribution in [0.5, 0.6) is 5.75 Å². The molecule has 184 valence electrons. The second kappa shape index (κ2) is 9.41. The lowest BCUT2D eigenvalue weighted by molar-refractivity contribution is -0.118. The molecule has 0 bridgehead atoms. The highest BCUT2D eigenvalue weighted by molar-refractivity contribution is 5.89. The van der Waals surface area contributed by atoms with Crippen LogP contribution in [0, 0.1) is 0 Å². The third-order valence-corrected chi connectivity index (χ3v) is 7.34. The Morgan fingerprint density at radius 3 is 2.71 bits per heavy atom. The smallest absolute Gasteiger partial charge is 0.197 e. The summed E-state index contributed by atoms with van der Waals surface area (Å²) in [5, 5.41) is 4.33. The van der Waals surface area contributed by atoms with Gasteiger partial charge in [0.05, 0.1) is 30.4 Å². The van der Waals surface area contributed by atoms with Crippen LogP contribution in [0.1, 0.15) is 69.5 Å². The number of ether oxygens (including phenoxy) is 1. The zero-order valence-electron chi connectivity index (χ0n) is 21.2. The van der Waals surface area contributed by atoms with Gasteiger partial charge in [0, 0.05) is 35.0 Å². The van der Waals surface area contributed by atoms with Crippen molar-refractivity contribution in [2.24, 2.45) is 0 Å². The number of likely N-dealkylation sites (N-methyl/N-ethyl adjacent to an activating group) is 1. The summed E-state index contributed by atoms with van der Waals surface area (Å²) in [4.78, 5) is 26.9. The summed E-state index contributed by atoms with van der Waals surface area (Å²) in [7, 11) is 3.72. The molecule has 35 heavy (non-hydrogen) atoms. The number of ketones is 1. The second-order valence-electron chi connectivity index (χ2n) is 10.1. The fourth-order valence-corrected chi connectivity index (χ4v) is 5.59. The zero-order valence-corrected chi connectivity index (χ0v) is 21.2. The van der Waals surface area contributed by atoms with Crippen LogP contribution in [-0.2, 0) is 4.79 Å². The van der Waals surface area contributed by atoms with Crippen molar-refractivity contribution in [1.82, 2.24) is 29.5 Å². The number of aromatic nitrogens is 5. The Morgan fingerprint density at radius 1 is 1.26 bits per heavy atom. The Labute approximate surface area is 205 Å². The summed E-state index contributed by atoms with van der Waals surface area (Å²) >= 11 is 0. The number of H-pyrrole nitrogens is 1. The van der Waals surface area contributed by atoms with Crippen molar-refractivity contribution in [3.63, 3.8) is 0 Å². The van der Waals surface area contributed by atoms with Crippen molar-refractivity contribution >= 4 is 22.5 Å². The molecule has 4 heterocycles. The van der Waals surface area contributed by atoms with E-state index in [4.69, 9.17) is 9.72 Å². The number of methoxy groups -OCH3 is 1. The molecule has 0 unspecified atom stereocenters. The first kappa shape index (κ1) is 23.5. The number of nitrogens with one attached hydrogen (secondary N) is 1. The summed E-state index contributed by atoms with van der Waals surface area (Å²) in [5.74, 6) is 1.65. The lowest BCUT2D eigenvalue weighted by Gasteiger charge is -2.34. The number of aromatic amines is 1. The van der Waals surface area contributed by atoms with Crippen LogP contribution in [0.3, 0.4) is 0 Å².